The number of hydrogen-bond donors (Lipinski definition) is 3. The van der Waals surface area contributed by atoms with Crippen molar-refractivity contribution in [1.82, 2.24) is 0 Å². The molecule has 2 aromatic carbocycles. The van der Waals surface area contributed by atoms with Crippen molar-refractivity contribution in [2.24, 2.45) is 5.84 Å². The smallest absolute Gasteiger partial charge is 0.257 e. The second-order valence-corrected chi connectivity index (χ2v) is 7.02. The molecule has 7 heteroatoms. The standard InChI is InChI=1S/C14H12Br3N3O/c1-7-2-3-9(12(4-7)20-18)14(21)19-13-10(16)5-8(15)6-11(13)17/h2-6,20H,18H2,1H3,(H,19,21). The number of carbonyl (C=O) groups is 1. The van der Waals surface area contributed by atoms with Gasteiger partial charge in [0.15, 0.2) is 0 Å². The van der Waals surface area contributed by atoms with E-state index < -0.39 is 0 Å². The summed E-state index contributed by atoms with van der Waals surface area (Å²) in [6, 6.07) is 9.14. The van der Waals surface area contributed by atoms with Crippen LogP contribution in [0.2, 0.25) is 0 Å². The van der Waals surface area contributed by atoms with Crippen molar-refractivity contribution in [3.63, 3.8) is 0 Å². The Morgan fingerprint density at radius 1 is 1.10 bits per heavy atom. The van der Waals surface area contributed by atoms with E-state index in [-0.39, 0.29) is 5.91 Å². The van der Waals surface area contributed by atoms with Crippen molar-refractivity contribution in [1.29, 1.82) is 0 Å². The lowest BCUT2D eigenvalue weighted by atomic mass is 10.1. The number of anilines is 2. The number of amides is 1. The van der Waals surface area contributed by atoms with E-state index in [1.807, 2.05) is 31.2 Å². The number of nitrogen functional groups attached to an aromatic ring is 1. The highest BCUT2D eigenvalue weighted by Crippen LogP contribution is 2.35. The van der Waals surface area contributed by atoms with Crippen molar-refractivity contribution in [3.05, 3.63) is 54.9 Å². The van der Waals surface area contributed by atoms with E-state index in [0.29, 0.717) is 16.9 Å². The maximum absolute atomic E-state index is 12.4. The molecule has 4 N–H and O–H groups in total. The maximum Gasteiger partial charge on any atom is 0.257 e. The molecule has 0 heterocycles. The fourth-order valence-corrected chi connectivity index (χ4v) is 4.27. The Morgan fingerprint density at radius 3 is 2.29 bits per heavy atom. The van der Waals surface area contributed by atoms with Crippen LogP contribution in [0.15, 0.2) is 43.7 Å². The summed E-state index contributed by atoms with van der Waals surface area (Å²) in [4.78, 5) is 12.4. The summed E-state index contributed by atoms with van der Waals surface area (Å²) in [6.45, 7) is 1.93. The third-order valence-corrected chi connectivity index (χ3v) is 4.53. The lowest BCUT2D eigenvalue weighted by molar-refractivity contribution is 0.102. The van der Waals surface area contributed by atoms with Gasteiger partial charge < -0.3 is 10.7 Å². The second kappa shape index (κ2) is 6.91. The molecule has 0 atom stereocenters. The number of rotatable bonds is 3. The van der Waals surface area contributed by atoms with Crippen LogP contribution in [-0.4, -0.2) is 5.91 Å². The van der Waals surface area contributed by atoms with E-state index in [0.717, 1.165) is 19.0 Å². The van der Waals surface area contributed by atoms with E-state index in [1.165, 1.54) is 0 Å². The van der Waals surface area contributed by atoms with Crippen LogP contribution in [0.3, 0.4) is 0 Å². The van der Waals surface area contributed by atoms with Crippen LogP contribution in [-0.2, 0) is 0 Å². The molecule has 0 aliphatic rings. The van der Waals surface area contributed by atoms with Crippen molar-refractivity contribution < 1.29 is 4.79 Å². The van der Waals surface area contributed by atoms with Crippen molar-refractivity contribution >= 4 is 65.1 Å². The molecular formula is C14H12Br3N3O. The van der Waals surface area contributed by atoms with Gasteiger partial charge in [0.25, 0.3) is 5.91 Å². The van der Waals surface area contributed by atoms with Crippen LogP contribution in [0.25, 0.3) is 0 Å². The molecule has 0 radical (unpaired) electrons. The van der Waals surface area contributed by atoms with E-state index >= 15 is 0 Å². The summed E-state index contributed by atoms with van der Waals surface area (Å²) in [6.07, 6.45) is 0. The average Bonchev–Trinajstić information content (AvgIpc) is 2.42. The molecule has 0 spiro atoms. The first-order valence-electron chi connectivity index (χ1n) is 5.95. The van der Waals surface area contributed by atoms with Gasteiger partial charge in [-0.15, -0.1) is 0 Å². The van der Waals surface area contributed by atoms with Gasteiger partial charge in [-0.25, -0.2) is 0 Å². The zero-order valence-electron chi connectivity index (χ0n) is 11.0. The van der Waals surface area contributed by atoms with Gasteiger partial charge in [0.1, 0.15) is 0 Å². The third-order valence-electron chi connectivity index (χ3n) is 2.82. The van der Waals surface area contributed by atoms with E-state index in [4.69, 9.17) is 5.84 Å². The molecule has 0 saturated heterocycles. The molecule has 0 aromatic heterocycles. The Bertz CT molecular complexity index is 681. The number of nitrogens with two attached hydrogens (primary N) is 1. The summed E-state index contributed by atoms with van der Waals surface area (Å²) in [7, 11) is 0. The number of aryl methyl sites for hydroxylation is 1. The lowest BCUT2D eigenvalue weighted by Crippen LogP contribution is -2.17. The van der Waals surface area contributed by atoms with Gasteiger partial charge in [-0.05, 0) is 68.6 Å². The number of hydrazine groups is 1. The number of hydrogen-bond acceptors (Lipinski definition) is 3. The molecule has 0 unspecified atom stereocenters. The van der Waals surface area contributed by atoms with E-state index in [2.05, 4.69) is 58.5 Å². The molecule has 0 saturated carbocycles. The summed E-state index contributed by atoms with van der Waals surface area (Å²) < 4.78 is 2.44. The van der Waals surface area contributed by atoms with E-state index in [1.54, 1.807) is 6.07 Å². The Morgan fingerprint density at radius 2 is 1.71 bits per heavy atom. The van der Waals surface area contributed by atoms with Gasteiger partial charge in [0.05, 0.1) is 16.9 Å². The second-order valence-electron chi connectivity index (χ2n) is 4.39. The number of carbonyl (C=O) groups excluding carboxylic acids is 1. The zero-order chi connectivity index (χ0) is 15.6. The Labute approximate surface area is 147 Å². The average molecular weight is 478 g/mol. The van der Waals surface area contributed by atoms with Crippen LogP contribution in [0, 0.1) is 6.92 Å². The third kappa shape index (κ3) is 3.85. The summed E-state index contributed by atoms with van der Waals surface area (Å²) >= 11 is 10.3. The largest absolute Gasteiger partial charge is 0.323 e. The van der Waals surface area contributed by atoms with Crippen molar-refractivity contribution in [2.45, 2.75) is 6.92 Å². The highest BCUT2D eigenvalue weighted by molar-refractivity contribution is 9.11. The highest BCUT2D eigenvalue weighted by atomic mass is 79.9. The first kappa shape index (κ1) is 16.5. The number of benzene rings is 2. The molecule has 2 aromatic rings. The molecule has 0 aliphatic carbocycles. The fourth-order valence-electron chi connectivity index (χ4n) is 1.82. The molecule has 0 bridgehead atoms. The van der Waals surface area contributed by atoms with Crippen LogP contribution in [0.1, 0.15) is 15.9 Å². The minimum Gasteiger partial charge on any atom is -0.323 e. The van der Waals surface area contributed by atoms with Gasteiger partial charge in [-0.2, -0.15) is 0 Å². The van der Waals surface area contributed by atoms with Crippen LogP contribution in [0.5, 0.6) is 0 Å². The monoisotopic (exact) mass is 475 g/mol. The molecule has 2 rings (SSSR count). The lowest BCUT2D eigenvalue weighted by Gasteiger charge is -2.13. The first-order chi connectivity index (χ1) is 9.92. The van der Waals surface area contributed by atoms with Gasteiger partial charge in [0.2, 0.25) is 0 Å². The normalized spacial score (nSPS) is 10.3. The van der Waals surface area contributed by atoms with E-state index in [9.17, 15) is 4.79 Å². The molecule has 0 fully saturated rings. The molecule has 4 nitrogen and oxygen atoms in total. The molecular weight excluding hydrogens is 466 g/mol. The maximum atomic E-state index is 12.4. The van der Waals surface area contributed by atoms with Crippen LogP contribution in [0.4, 0.5) is 11.4 Å². The molecule has 21 heavy (non-hydrogen) atoms. The Kier molecular flexibility index (Phi) is 5.43. The van der Waals surface area contributed by atoms with Gasteiger partial charge in [-0.3, -0.25) is 10.6 Å². The highest BCUT2D eigenvalue weighted by Gasteiger charge is 2.15. The molecule has 0 aliphatic heterocycles. The van der Waals surface area contributed by atoms with Crippen LogP contribution < -0.4 is 16.6 Å². The molecule has 1 amide bonds. The summed E-state index contributed by atoms with van der Waals surface area (Å²) in [5.41, 5.74) is 5.28. The summed E-state index contributed by atoms with van der Waals surface area (Å²) in [5.74, 6) is 5.23. The van der Waals surface area contributed by atoms with Gasteiger partial charge in [-0.1, -0.05) is 22.0 Å². The minimum atomic E-state index is -0.244. The van der Waals surface area contributed by atoms with Gasteiger partial charge in [0, 0.05) is 13.4 Å². The fraction of sp³-hybridized carbons (Fsp3) is 0.0714. The van der Waals surface area contributed by atoms with Gasteiger partial charge >= 0.3 is 0 Å². The topological polar surface area (TPSA) is 67.2 Å². The van der Waals surface area contributed by atoms with Crippen LogP contribution >= 0.6 is 47.8 Å². The quantitative estimate of drug-likeness (QED) is 0.438. The predicted octanol–water partition coefficient (Wildman–Crippen LogP) is 4.82. The summed E-state index contributed by atoms with van der Waals surface area (Å²) in [5, 5.41) is 2.87. The molecule has 110 valence electrons. The Balaban J connectivity index is 2.35. The minimum absolute atomic E-state index is 0.244. The van der Waals surface area contributed by atoms with Crippen molar-refractivity contribution in [2.75, 3.05) is 10.7 Å². The zero-order valence-corrected chi connectivity index (χ0v) is 15.8. The SMILES string of the molecule is Cc1ccc(C(=O)Nc2c(Br)cc(Br)cc2Br)c(NN)c1. The first-order valence-corrected chi connectivity index (χ1v) is 8.33. The number of nitrogens with one attached hydrogen (secondary N) is 2. The Hall–Kier alpha value is -0.890. The number of halogens is 3. The van der Waals surface area contributed by atoms with Crippen molar-refractivity contribution in [3.8, 4) is 0 Å². The predicted molar refractivity (Wildman–Crippen MR) is 96.5 cm³/mol.